The molecule has 17 heavy (non-hydrogen) atoms. The van der Waals surface area contributed by atoms with Crippen molar-refractivity contribution in [3.05, 3.63) is 60.2 Å². The van der Waals surface area contributed by atoms with E-state index in [1.165, 1.54) is 3.07 Å². The molecule has 82 valence electrons. The molecular formula is C13H10HgO2S. The van der Waals surface area contributed by atoms with Crippen molar-refractivity contribution in [2.45, 2.75) is 4.90 Å². The van der Waals surface area contributed by atoms with Crippen LogP contribution in [-0.4, -0.2) is 11.1 Å². The fourth-order valence-corrected chi connectivity index (χ4v) is 12.5. The first-order valence-electron chi connectivity index (χ1n) is 5.26. The van der Waals surface area contributed by atoms with E-state index < -0.39 is 29.0 Å². The fraction of sp³-hybridized carbons (Fsp3) is 0. The standard InChI is InChI=1S/C7H6O2S.C6H5.Hg/c8-7(9)5-3-1-2-4-6(5)10;1-2-4-6-5-3-1;/h1-4,10H,(H,8,9);1-5H;/q;;+1/p-1. The van der Waals surface area contributed by atoms with Crippen LogP contribution in [0.3, 0.4) is 0 Å². The van der Waals surface area contributed by atoms with Crippen molar-refractivity contribution in [3.8, 4) is 0 Å². The van der Waals surface area contributed by atoms with E-state index in [0.717, 1.165) is 4.90 Å². The number of benzene rings is 2. The zero-order valence-corrected chi connectivity index (χ0v) is 15.5. The van der Waals surface area contributed by atoms with Crippen LogP contribution >= 0.6 is 8.24 Å². The van der Waals surface area contributed by atoms with Crippen molar-refractivity contribution in [3.63, 3.8) is 0 Å². The number of carbonyl (C=O) groups is 1. The van der Waals surface area contributed by atoms with Gasteiger partial charge in [-0.05, 0) is 0 Å². The van der Waals surface area contributed by atoms with Gasteiger partial charge in [0.1, 0.15) is 0 Å². The van der Waals surface area contributed by atoms with Crippen molar-refractivity contribution in [1.82, 2.24) is 0 Å². The normalized spacial score (nSPS) is 9.65. The summed E-state index contributed by atoms with van der Waals surface area (Å²) in [6.45, 7) is 0. The summed E-state index contributed by atoms with van der Waals surface area (Å²) in [4.78, 5) is 12.0. The van der Waals surface area contributed by atoms with E-state index in [0.29, 0.717) is 5.56 Å². The van der Waals surface area contributed by atoms with Gasteiger partial charge < -0.3 is 0 Å². The Bertz CT molecular complexity index is 514. The van der Waals surface area contributed by atoms with Crippen molar-refractivity contribution < 1.29 is 33.0 Å². The van der Waals surface area contributed by atoms with E-state index in [1.54, 1.807) is 20.4 Å². The molecule has 0 amide bonds. The van der Waals surface area contributed by atoms with Crippen molar-refractivity contribution in [1.29, 1.82) is 0 Å². The van der Waals surface area contributed by atoms with Gasteiger partial charge in [0.25, 0.3) is 0 Å². The van der Waals surface area contributed by atoms with E-state index >= 15 is 0 Å². The molecule has 0 saturated heterocycles. The number of rotatable bonds is 4. The molecule has 2 aromatic rings. The summed E-state index contributed by atoms with van der Waals surface area (Å²) in [5.74, 6) is -0.838. The van der Waals surface area contributed by atoms with Crippen LogP contribution in [0.2, 0.25) is 0 Å². The zero-order chi connectivity index (χ0) is 12.1. The maximum atomic E-state index is 11.0. The first-order chi connectivity index (χ1) is 8.27. The molecule has 0 unspecified atom stereocenters. The second-order valence-corrected chi connectivity index (χ2v) is 14.5. The Morgan fingerprint density at radius 2 is 1.65 bits per heavy atom. The Labute approximate surface area is 115 Å². The summed E-state index contributed by atoms with van der Waals surface area (Å²) in [7, 11) is 1.77. The van der Waals surface area contributed by atoms with Gasteiger partial charge in [-0.15, -0.1) is 0 Å². The molecule has 0 aliphatic carbocycles. The van der Waals surface area contributed by atoms with E-state index in [4.69, 9.17) is 5.11 Å². The first kappa shape index (κ1) is 12.6. The van der Waals surface area contributed by atoms with E-state index in [-0.39, 0.29) is 0 Å². The number of hydrogen-bond acceptors (Lipinski definition) is 2. The van der Waals surface area contributed by atoms with Crippen LogP contribution in [0.15, 0.2) is 59.5 Å². The molecule has 0 aromatic heterocycles. The van der Waals surface area contributed by atoms with Crippen LogP contribution in [0.25, 0.3) is 0 Å². The Kier molecular flexibility index (Phi) is 4.62. The minimum absolute atomic E-state index is 0.424. The van der Waals surface area contributed by atoms with Crippen LogP contribution < -0.4 is 3.07 Å². The summed E-state index contributed by atoms with van der Waals surface area (Å²) >= 11 is -1.29. The Balaban J connectivity index is 2.12. The molecule has 0 bridgehead atoms. The Morgan fingerprint density at radius 3 is 2.35 bits per heavy atom. The third-order valence-electron chi connectivity index (χ3n) is 2.35. The third-order valence-corrected chi connectivity index (χ3v) is 14.5. The Morgan fingerprint density at radius 1 is 1.00 bits per heavy atom. The van der Waals surface area contributed by atoms with Gasteiger partial charge in [0.05, 0.1) is 0 Å². The predicted molar refractivity (Wildman–Crippen MR) is 65.3 cm³/mol. The van der Waals surface area contributed by atoms with Crippen molar-refractivity contribution in [2.75, 3.05) is 0 Å². The summed E-state index contributed by atoms with van der Waals surface area (Å²) in [6, 6.07) is 17.6. The molecule has 2 nitrogen and oxygen atoms in total. The first-order valence-corrected chi connectivity index (χ1v) is 15.7. The van der Waals surface area contributed by atoms with Crippen molar-refractivity contribution in [2.24, 2.45) is 0 Å². The topological polar surface area (TPSA) is 37.3 Å². The monoisotopic (exact) mass is 432 g/mol. The molecule has 0 radical (unpaired) electrons. The van der Waals surface area contributed by atoms with Crippen LogP contribution in [-0.2, 0) is 23.1 Å². The zero-order valence-electron chi connectivity index (χ0n) is 9.17. The third kappa shape index (κ3) is 3.58. The predicted octanol–water partition coefficient (Wildman–Crippen LogP) is 2.80. The van der Waals surface area contributed by atoms with Crippen LogP contribution in [0.1, 0.15) is 10.4 Å². The van der Waals surface area contributed by atoms with Crippen LogP contribution in [0.5, 0.6) is 0 Å². The van der Waals surface area contributed by atoms with Gasteiger partial charge in [0.2, 0.25) is 0 Å². The number of hydrogen-bond donors (Lipinski definition) is 1. The van der Waals surface area contributed by atoms with Gasteiger partial charge in [-0.3, -0.25) is 0 Å². The minimum atomic E-state index is -1.29. The van der Waals surface area contributed by atoms with Gasteiger partial charge in [0, 0.05) is 0 Å². The van der Waals surface area contributed by atoms with Crippen molar-refractivity contribution >= 4 is 17.3 Å². The number of carboxylic acids is 1. The summed E-state index contributed by atoms with van der Waals surface area (Å²) in [6.07, 6.45) is 0. The summed E-state index contributed by atoms with van der Waals surface area (Å²) < 4.78 is 1.41. The average Bonchev–Trinajstić information content (AvgIpc) is 2.38. The molecule has 1 N–H and O–H groups in total. The molecule has 0 saturated carbocycles. The Hall–Kier alpha value is -0.805. The second-order valence-electron chi connectivity index (χ2n) is 3.58. The van der Waals surface area contributed by atoms with Crippen LogP contribution in [0.4, 0.5) is 0 Å². The van der Waals surface area contributed by atoms with Gasteiger partial charge >= 0.3 is 115 Å². The van der Waals surface area contributed by atoms with E-state index in [2.05, 4.69) is 12.1 Å². The molecule has 0 fully saturated rings. The number of aromatic carboxylic acids is 1. The maximum absolute atomic E-state index is 11.0. The van der Waals surface area contributed by atoms with Gasteiger partial charge in [-0.1, -0.05) is 0 Å². The summed E-state index contributed by atoms with van der Waals surface area (Å²) in [5.41, 5.74) is 0.424. The average molecular weight is 431 g/mol. The second kappa shape index (κ2) is 6.22. The molecule has 0 spiro atoms. The van der Waals surface area contributed by atoms with E-state index in [9.17, 15) is 4.79 Å². The quantitative estimate of drug-likeness (QED) is 0.758. The molecule has 0 aliphatic heterocycles. The van der Waals surface area contributed by atoms with Gasteiger partial charge in [-0.2, -0.15) is 0 Å². The molecule has 2 aromatic carbocycles. The molecule has 0 atom stereocenters. The summed E-state index contributed by atoms with van der Waals surface area (Å²) in [5, 5.41) is 9.07. The molecule has 4 heteroatoms. The SMILES string of the molecule is O=C(O)c1ccccc1[S][Hg][c]1ccccc1. The number of carboxylic acid groups (broad SMARTS) is 1. The molecular weight excluding hydrogens is 421 g/mol. The molecule has 0 aliphatic rings. The van der Waals surface area contributed by atoms with E-state index in [1.807, 2.05) is 30.3 Å². The van der Waals surface area contributed by atoms with Gasteiger partial charge in [0.15, 0.2) is 0 Å². The van der Waals surface area contributed by atoms with Gasteiger partial charge in [-0.25, -0.2) is 0 Å². The molecule has 2 rings (SSSR count). The van der Waals surface area contributed by atoms with Crippen LogP contribution in [0, 0.1) is 0 Å². The molecule has 0 heterocycles. The fourth-order valence-electron chi connectivity index (χ4n) is 1.50.